The molecule has 1 saturated heterocycles. The van der Waals surface area contributed by atoms with Gasteiger partial charge in [-0.05, 0) is 12.8 Å². The van der Waals surface area contributed by atoms with Gasteiger partial charge < -0.3 is 20.9 Å². The zero-order chi connectivity index (χ0) is 15.8. The minimum absolute atomic E-state index is 0.382. The number of nitrogens with two attached hydrogens (primary N) is 1. The number of carbonyl (C=O) groups excluding carboxylic acids is 1. The molecule has 1 amide bonds. The van der Waals surface area contributed by atoms with Crippen LogP contribution in [0.4, 0.5) is 17.3 Å². The summed E-state index contributed by atoms with van der Waals surface area (Å²) in [6, 6.07) is 4.22. The van der Waals surface area contributed by atoms with Crippen LogP contribution in [0.5, 0.6) is 0 Å². The number of nitrogens with one attached hydrogen (secondary N) is 1. The molecule has 0 saturated carbocycles. The van der Waals surface area contributed by atoms with Crippen LogP contribution < -0.4 is 16.0 Å². The van der Waals surface area contributed by atoms with Crippen LogP contribution in [0.3, 0.4) is 0 Å². The van der Waals surface area contributed by atoms with Crippen LogP contribution in [0.1, 0.15) is 26.7 Å². The first kappa shape index (κ1) is 17.1. The van der Waals surface area contributed by atoms with Gasteiger partial charge in [-0.3, -0.25) is 4.79 Å². The molecule has 1 aliphatic heterocycles. The van der Waals surface area contributed by atoms with Crippen molar-refractivity contribution in [3.8, 4) is 0 Å². The Morgan fingerprint density at radius 3 is 2.48 bits per heavy atom. The number of nitrogen functional groups attached to an aromatic ring is 1. The van der Waals surface area contributed by atoms with Gasteiger partial charge in [0.2, 0.25) is 6.41 Å². The van der Waals surface area contributed by atoms with Gasteiger partial charge in [0, 0.05) is 51.0 Å². The third-order valence-electron chi connectivity index (χ3n) is 3.34. The molecule has 6 heteroatoms. The summed E-state index contributed by atoms with van der Waals surface area (Å²) in [6.07, 6.45) is 2.83. The van der Waals surface area contributed by atoms with Crippen LogP contribution in [0.15, 0.2) is 12.1 Å². The molecule has 6 nitrogen and oxygen atoms in total. The van der Waals surface area contributed by atoms with Gasteiger partial charge in [0.15, 0.2) is 0 Å². The number of piperidine rings is 1. The van der Waals surface area contributed by atoms with E-state index < -0.39 is 0 Å². The van der Waals surface area contributed by atoms with Crippen molar-refractivity contribution in [2.24, 2.45) is 0 Å². The molecule has 0 radical (unpaired) electrons. The molecule has 2 rings (SSSR count). The Balaban J connectivity index is 0.00000106. The van der Waals surface area contributed by atoms with Crippen LogP contribution in [0.25, 0.3) is 0 Å². The molecule has 0 spiro atoms. The van der Waals surface area contributed by atoms with E-state index in [0.29, 0.717) is 11.9 Å². The average molecular weight is 293 g/mol. The quantitative estimate of drug-likeness (QED) is 0.828. The summed E-state index contributed by atoms with van der Waals surface area (Å²) >= 11 is 0. The maximum absolute atomic E-state index is 10.7. The summed E-state index contributed by atoms with van der Waals surface area (Å²) in [5.74, 6) is 1.35. The highest BCUT2D eigenvalue weighted by atomic mass is 16.1. The van der Waals surface area contributed by atoms with Gasteiger partial charge >= 0.3 is 0 Å². The van der Waals surface area contributed by atoms with E-state index >= 15 is 0 Å². The average Bonchev–Trinajstić information content (AvgIpc) is 2.49. The molecule has 21 heavy (non-hydrogen) atoms. The molecule has 0 aromatic carbocycles. The molecule has 1 aromatic heterocycles. The molecule has 0 unspecified atom stereocenters. The first-order valence-corrected chi connectivity index (χ1v) is 7.49. The maximum atomic E-state index is 10.7. The number of nitrogens with zero attached hydrogens (tertiary/aromatic N) is 3. The molecule has 0 atom stereocenters. The largest absolute Gasteiger partial charge is 0.384 e. The van der Waals surface area contributed by atoms with Crippen molar-refractivity contribution in [1.82, 2.24) is 9.88 Å². The second kappa shape index (κ2) is 8.34. The van der Waals surface area contributed by atoms with E-state index in [1.807, 2.05) is 49.9 Å². The second-order valence-corrected chi connectivity index (χ2v) is 5.09. The predicted octanol–water partition coefficient (Wildman–Crippen LogP) is 1.79. The number of likely N-dealkylation sites (tertiary alicyclic amines) is 1. The highest BCUT2D eigenvalue weighted by molar-refractivity contribution is 5.59. The fourth-order valence-corrected chi connectivity index (χ4v) is 2.23. The molecule has 1 aliphatic rings. The van der Waals surface area contributed by atoms with Crippen molar-refractivity contribution < 1.29 is 4.79 Å². The van der Waals surface area contributed by atoms with Crippen LogP contribution in [0, 0.1) is 0 Å². The Morgan fingerprint density at radius 2 is 1.95 bits per heavy atom. The van der Waals surface area contributed by atoms with Gasteiger partial charge in [-0.15, -0.1) is 0 Å². The Labute approximate surface area is 127 Å². The Bertz CT molecular complexity index is 442. The van der Waals surface area contributed by atoms with E-state index in [4.69, 9.17) is 5.73 Å². The van der Waals surface area contributed by atoms with Crippen molar-refractivity contribution >= 4 is 23.7 Å². The van der Waals surface area contributed by atoms with Crippen molar-refractivity contribution in [2.75, 3.05) is 43.1 Å². The normalized spacial score (nSPS) is 15.0. The molecule has 3 N–H and O–H groups in total. The van der Waals surface area contributed by atoms with Gasteiger partial charge in [-0.25, -0.2) is 4.98 Å². The topological polar surface area (TPSA) is 74.5 Å². The summed E-state index contributed by atoms with van der Waals surface area (Å²) in [7, 11) is 3.88. The smallest absolute Gasteiger partial charge is 0.209 e. The molecule has 1 fully saturated rings. The fourth-order valence-electron chi connectivity index (χ4n) is 2.23. The van der Waals surface area contributed by atoms with E-state index in [1.165, 1.54) is 0 Å². The monoisotopic (exact) mass is 293 g/mol. The summed E-state index contributed by atoms with van der Waals surface area (Å²) in [5.41, 5.74) is 6.80. The molecule has 1 aromatic rings. The van der Waals surface area contributed by atoms with Gasteiger partial charge in [-0.1, -0.05) is 13.8 Å². The van der Waals surface area contributed by atoms with Gasteiger partial charge in [0.05, 0.1) is 0 Å². The lowest BCUT2D eigenvalue weighted by atomic mass is 10.1. The highest BCUT2D eigenvalue weighted by Crippen LogP contribution is 2.21. The van der Waals surface area contributed by atoms with Crippen molar-refractivity contribution in [3.05, 3.63) is 12.1 Å². The second-order valence-electron chi connectivity index (χ2n) is 5.09. The number of hydrogen-bond acceptors (Lipinski definition) is 5. The number of pyridine rings is 1. The molecule has 2 heterocycles. The number of carbonyl (C=O) groups is 1. The first-order valence-electron chi connectivity index (χ1n) is 7.49. The van der Waals surface area contributed by atoms with Gasteiger partial charge in [-0.2, -0.15) is 0 Å². The van der Waals surface area contributed by atoms with Crippen molar-refractivity contribution in [1.29, 1.82) is 0 Å². The highest BCUT2D eigenvalue weighted by Gasteiger charge is 2.18. The zero-order valence-electron chi connectivity index (χ0n) is 13.5. The van der Waals surface area contributed by atoms with Crippen LogP contribution in [-0.2, 0) is 4.79 Å². The Kier molecular flexibility index (Phi) is 6.78. The molecular weight excluding hydrogens is 266 g/mol. The van der Waals surface area contributed by atoms with Gasteiger partial charge in [0.25, 0.3) is 0 Å². The van der Waals surface area contributed by atoms with E-state index in [1.54, 1.807) is 0 Å². The zero-order valence-corrected chi connectivity index (χ0v) is 13.5. The molecule has 0 bridgehead atoms. The molecule has 118 valence electrons. The summed E-state index contributed by atoms with van der Waals surface area (Å²) in [5, 5.41) is 3.47. The summed E-state index contributed by atoms with van der Waals surface area (Å²) in [4.78, 5) is 18.7. The van der Waals surface area contributed by atoms with Crippen LogP contribution in [0.2, 0.25) is 0 Å². The third-order valence-corrected chi connectivity index (χ3v) is 3.34. The van der Waals surface area contributed by atoms with E-state index in [0.717, 1.165) is 43.8 Å². The van der Waals surface area contributed by atoms with Gasteiger partial charge in [0.1, 0.15) is 11.6 Å². The number of hydrogen-bond donors (Lipinski definition) is 2. The van der Waals surface area contributed by atoms with Crippen LogP contribution in [-0.4, -0.2) is 49.5 Å². The fraction of sp³-hybridized carbons (Fsp3) is 0.600. The van der Waals surface area contributed by atoms with E-state index in [2.05, 4.69) is 10.3 Å². The minimum atomic E-state index is 0.382. The summed E-state index contributed by atoms with van der Waals surface area (Å²) in [6.45, 7) is 5.62. The SMILES string of the molecule is CC.CN(C)c1cc(NC2CCN(C=O)CC2)cc(N)n1. The lowest BCUT2D eigenvalue weighted by Gasteiger charge is -2.30. The van der Waals surface area contributed by atoms with Crippen molar-refractivity contribution in [2.45, 2.75) is 32.7 Å². The number of aromatic nitrogens is 1. The van der Waals surface area contributed by atoms with Crippen LogP contribution >= 0.6 is 0 Å². The van der Waals surface area contributed by atoms with E-state index in [9.17, 15) is 4.79 Å². The van der Waals surface area contributed by atoms with Crippen molar-refractivity contribution in [3.63, 3.8) is 0 Å². The number of rotatable bonds is 4. The lowest BCUT2D eigenvalue weighted by Crippen LogP contribution is -2.38. The van der Waals surface area contributed by atoms with E-state index in [-0.39, 0.29) is 0 Å². The third kappa shape index (κ3) is 5.13. The number of amides is 1. The molecular formula is C15H27N5O. The maximum Gasteiger partial charge on any atom is 0.209 e. The number of anilines is 3. The summed E-state index contributed by atoms with van der Waals surface area (Å²) < 4.78 is 0. The predicted molar refractivity (Wildman–Crippen MR) is 88.6 cm³/mol. The minimum Gasteiger partial charge on any atom is -0.384 e. The standard InChI is InChI=1S/C13H21N5O.C2H6/c1-17(2)13-8-11(7-12(14)16-13)15-10-3-5-18(9-19)6-4-10;1-2/h7-10H,3-6H2,1-2H3,(H3,14,15,16);1-2H3. The first-order chi connectivity index (χ1) is 10.1. The molecule has 0 aliphatic carbocycles. The Morgan fingerprint density at radius 1 is 1.33 bits per heavy atom. The lowest BCUT2D eigenvalue weighted by molar-refractivity contribution is -0.118. The Hall–Kier alpha value is -1.98.